The molecule has 0 amide bonds. The van der Waals surface area contributed by atoms with E-state index in [-0.39, 0.29) is 18.7 Å². The second kappa shape index (κ2) is 7.02. The highest BCUT2D eigenvalue weighted by atomic mass is 35.5. The van der Waals surface area contributed by atoms with Crippen LogP contribution in [0.1, 0.15) is 11.4 Å². The summed E-state index contributed by atoms with van der Waals surface area (Å²) in [7, 11) is 1.69. The Bertz CT molecular complexity index is 1220. The van der Waals surface area contributed by atoms with Crippen molar-refractivity contribution < 1.29 is 4.74 Å². The monoisotopic (exact) mass is 379 g/mol. The van der Waals surface area contributed by atoms with E-state index in [1.807, 2.05) is 36.4 Å². The highest BCUT2D eigenvalue weighted by Crippen LogP contribution is 2.30. The van der Waals surface area contributed by atoms with Gasteiger partial charge >= 0.3 is 0 Å². The number of aromatic nitrogens is 2. The lowest BCUT2D eigenvalue weighted by Crippen LogP contribution is -2.23. The maximum absolute atomic E-state index is 12.6. The van der Waals surface area contributed by atoms with E-state index in [0.29, 0.717) is 27.2 Å². The van der Waals surface area contributed by atoms with E-state index in [0.717, 1.165) is 16.6 Å². The van der Waals surface area contributed by atoms with Crippen LogP contribution in [0.3, 0.4) is 0 Å². The van der Waals surface area contributed by atoms with Crippen LogP contribution in [0.15, 0.2) is 59.4 Å². The van der Waals surface area contributed by atoms with Crippen LogP contribution in [-0.4, -0.2) is 9.55 Å². The Morgan fingerprint density at radius 1 is 1.11 bits per heavy atom. The molecule has 0 aliphatic rings. The summed E-state index contributed by atoms with van der Waals surface area (Å²) in [6.07, 6.45) is 0. The van der Waals surface area contributed by atoms with Gasteiger partial charge in [0.05, 0.1) is 22.3 Å². The highest BCUT2D eigenvalue weighted by Gasteiger charge is 2.16. The molecule has 0 unspecified atom stereocenters. The van der Waals surface area contributed by atoms with Gasteiger partial charge in [0.25, 0.3) is 5.56 Å². The van der Waals surface area contributed by atoms with E-state index >= 15 is 0 Å². The second-order valence-corrected chi connectivity index (χ2v) is 6.75. The molecule has 0 saturated carbocycles. The van der Waals surface area contributed by atoms with Crippen LogP contribution in [0.25, 0.3) is 21.7 Å². The number of rotatable bonds is 4. The highest BCUT2D eigenvalue weighted by molar-refractivity contribution is 6.31. The van der Waals surface area contributed by atoms with Gasteiger partial charge in [0.15, 0.2) is 0 Å². The summed E-state index contributed by atoms with van der Waals surface area (Å²) in [5.41, 5.74) is 8.10. The zero-order valence-corrected chi connectivity index (χ0v) is 15.5. The molecule has 0 bridgehead atoms. The van der Waals surface area contributed by atoms with Crippen molar-refractivity contribution in [2.75, 3.05) is 0 Å². The smallest absolute Gasteiger partial charge is 0.258 e. The van der Waals surface area contributed by atoms with Gasteiger partial charge in [0.2, 0.25) is 0 Å². The number of benzene rings is 2. The molecular weight excluding hydrogens is 362 g/mol. The fourth-order valence-electron chi connectivity index (χ4n) is 3.23. The third-order valence-corrected chi connectivity index (χ3v) is 4.88. The van der Waals surface area contributed by atoms with E-state index in [9.17, 15) is 4.79 Å². The summed E-state index contributed by atoms with van der Waals surface area (Å²) >= 11 is 6.15. The van der Waals surface area contributed by atoms with Crippen molar-refractivity contribution in [2.24, 2.45) is 12.8 Å². The van der Waals surface area contributed by atoms with Crippen molar-refractivity contribution >= 4 is 33.3 Å². The summed E-state index contributed by atoms with van der Waals surface area (Å²) < 4.78 is 7.63. The van der Waals surface area contributed by atoms with Crippen LogP contribution < -0.4 is 16.0 Å². The SMILES string of the molecule is Cn1c(CN)c(OCc2ccc3ccccc3n2)c2cc(Cl)ccc2c1=O. The number of pyridine rings is 2. The Hall–Kier alpha value is -2.89. The van der Waals surface area contributed by atoms with Crippen molar-refractivity contribution in [1.82, 2.24) is 9.55 Å². The number of hydrogen-bond donors (Lipinski definition) is 1. The first-order valence-corrected chi connectivity index (χ1v) is 8.95. The molecule has 0 fully saturated rings. The number of nitrogens with zero attached hydrogens (tertiary/aromatic N) is 2. The number of hydrogen-bond acceptors (Lipinski definition) is 4. The quantitative estimate of drug-likeness (QED) is 0.585. The topological polar surface area (TPSA) is 70.1 Å². The number of nitrogens with two attached hydrogens (primary N) is 1. The summed E-state index contributed by atoms with van der Waals surface area (Å²) in [6.45, 7) is 0.437. The molecule has 136 valence electrons. The first-order chi connectivity index (χ1) is 13.1. The normalized spacial score (nSPS) is 11.2. The van der Waals surface area contributed by atoms with Crippen LogP contribution in [0.4, 0.5) is 0 Å². The molecule has 2 N–H and O–H groups in total. The van der Waals surface area contributed by atoms with Crippen molar-refractivity contribution in [3.05, 3.63) is 81.4 Å². The molecule has 4 aromatic rings. The Balaban J connectivity index is 1.79. The van der Waals surface area contributed by atoms with E-state index < -0.39 is 0 Å². The molecule has 2 aromatic carbocycles. The minimum Gasteiger partial charge on any atom is -0.485 e. The van der Waals surface area contributed by atoms with Crippen molar-refractivity contribution in [2.45, 2.75) is 13.2 Å². The predicted octanol–water partition coefficient (Wildman–Crippen LogP) is 3.78. The second-order valence-electron chi connectivity index (χ2n) is 6.32. The lowest BCUT2D eigenvalue weighted by molar-refractivity contribution is 0.299. The standard InChI is InChI=1S/C21H18ClN3O2/c1-25-19(11-23)20(17-10-14(22)7-9-16(17)21(25)26)27-12-15-8-6-13-4-2-3-5-18(13)24-15/h2-10H,11-12,23H2,1H3. The molecule has 0 atom stereocenters. The maximum atomic E-state index is 12.6. The lowest BCUT2D eigenvalue weighted by Gasteiger charge is -2.17. The van der Waals surface area contributed by atoms with Crippen molar-refractivity contribution in [3.8, 4) is 5.75 Å². The molecule has 0 aliphatic carbocycles. The average molecular weight is 380 g/mol. The maximum Gasteiger partial charge on any atom is 0.258 e. The van der Waals surface area contributed by atoms with E-state index in [1.165, 1.54) is 4.57 Å². The molecule has 4 rings (SSSR count). The Morgan fingerprint density at radius 2 is 1.93 bits per heavy atom. The summed E-state index contributed by atoms with van der Waals surface area (Å²) in [6, 6.07) is 17.0. The van der Waals surface area contributed by atoms with Gasteiger partial charge in [-0.15, -0.1) is 0 Å². The molecule has 2 aromatic heterocycles. The van der Waals surface area contributed by atoms with Crippen molar-refractivity contribution in [3.63, 3.8) is 0 Å². The van der Waals surface area contributed by atoms with Crippen LogP contribution in [0.5, 0.6) is 5.75 Å². The van der Waals surface area contributed by atoms with Gasteiger partial charge in [-0.05, 0) is 30.3 Å². The van der Waals surface area contributed by atoms with Gasteiger partial charge in [-0.1, -0.05) is 35.9 Å². The molecule has 2 heterocycles. The van der Waals surface area contributed by atoms with Gasteiger partial charge in [-0.3, -0.25) is 4.79 Å². The van der Waals surface area contributed by atoms with E-state index in [1.54, 1.807) is 25.2 Å². The Kier molecular flexibility index (Phi) is 4.56. The van der Waals surface area contributed by atoms with Gasteiger partial charge < -0.3 is 15.0 Å². The van der Waals surface area contributed by atoms with Crippen molar-refractivity contribution in [1.29, 1.82) is 0 Å². The molecule has 0 spiro atoms. The van der Waals surface area contributed by atoms with Gasteiger partial charge in [-0.25, -0.2) is 4.98 Å². The molecule has 27 heavy (non-hydrogen) atoms. The van der Waals surface area contributed by atoms with E-state index in [4.69, 9.17) is 22.1 Å². The first kappa shape index (κ1) is 17.5. The molecule has 0 saturated heterocycles. The van der Waals surface area contributed by atoms with Crippen LogP contribution in [0, 0.1) is 0 Å². The van der Waals surface area contributed by atoms with Crippen LogP contribution in [-0.2, 0) is 20.2 Å². The molecule has 6 heteroatoms. The molecule has 0 aliphatic heterocycles. The Morgan fingerprint density at radius 3 is 2.74 bits per heavy atom. The van der Waals surface area contributed by atoms with Crippen LogP contribution in [0.2, 0.25) is 5.02 Å². The number of ether oxygens (including phenoxy) is 1. The zero-order valence-electron chi connectivity index (χ0n) is 14.8. The minimum absolute atomic E-state index is 0.127. The first-order valence-electron chi connectivity index (χ1n) is 8.57. The van der Waals surface area contributed by atoms with E-state index in [2.05, 4.69) is 4.98 Å². The lowest BCUT2D eigenvalue weighted by atomic mass is 10.1. The number of para-hydroxylation sites is 1. The fourth-order valence-corrected chi connectivity index (χ4v) is 3.40. The summed E-state index contributed by atoms with van der Waals surface area (Å²) in [4.78, 5) is 17.2. The van der Waals surface area contributed by atoms with Gasteiger partial charge in [0, 0.05) is 29.4 Å². The number of halogens is 1. The van der Waals surface area contributed by atoms with Gasteiger partial charge in [0.1, 0.15) is 12.4 Å². The van der Waals surface area contributed by atoms with Crippen LogP contribution >= 0.6 is 11.6 Å². The minimum atomic E-state index is -0.127. The van der Waals surface area contributed by atoms with Gasteiger partial charge in [-0.2, -0.15) is 0 Å². The largest absolute Gasteiger partial charge is 0.485 e. The molecule has 5 nitrogen and oxygen atoms in total. The zero-order chi connectivity index (χ0) is 19.0. The average Bonchev–Trinajstić information content (AvgIpc) is 2.69. The summed E-state index contributed by atoms with van der Waals surface area (Å²) in [5, 5.41) is 2.81. The summed E-state index contributed by atoms with van der Waals surface area (Å²) in [5.74, 6) is 0.562. The Labute approximate surface area is 161 Å². The third kappa shape index (κ3) is 3.16. The molecule has 0 radical (unpaired) electrons. The molecular formula is C21H18ClN3O2. The third-order valence-electron chi connectivity index (χ3n) is 4.64. The fraction of sp³-hybridized carbons (Fsp3) is 0.143. The number of fused-ring (bicyclic) bond motifs is 2. The predicted molar refractivity (Wildman–Crippen MR) is 108 cm³/mol.